The molecular weight excluding hydrogens is 346 g/mol. The van der Waals surface area contributed by atoms with Crippen molar-refractivity contribution in [2.45, 2.75) is 19.6 Å². The highest BCUT2D eigenvalue weighted by molar-refractivity contribution is 6.30. The molecule has 1 atom stereocenters. The number of urea groups is 1. The van der Waals surface area contributed by atoms with Gasteiger partial charge in [0.05, 0.1) is 0 Å². The molecular formula is C17H16ClN3O4. The Morgan fingerprint density at radius 1 is 1.20 bits per heavy atom. The number of esters is 1. The number of carbonyl (C=O) groups excluding carboxylic acids is 3. The lowest BCUT2D eigenvalue weighted by atomic mass is 10.2. The molecule has 2 rings (SSSR count). The van der Waals surface area contributed by atoms with Gasteiger partial charge in [-0.2, -0.15) is 0 Å². The minimum absolute atomic E-state index is 0.0271. The molecule has 0 aliphatic carbocycles. The third-order valence-corrected chi connectivity index (χ3v) is 3.35. The van der Waals surface area contributed by atoms with E-state index in [9.17, 15) is 14.4 Å². The molecule has 0 bridgehead atoms. The van der Waals surface area contributed by atoms with Crippen LogP contribution in [0, 0.1) is 0 Å². The van der Waals surface area contributed by atoms with Crippen LogP contribution in [0.5, 0.6) is 0 Å². The van der Waals surface area contributed by atoms with Gasteiger partial charge in [-0.25, -0.2) is 14.6 Å². The molecule has 0 unspecified atom stereocenters. The van der Waals surface area contributed by atoms with Crippen LogP contribution in [-0.4, -0.2) is 29.0 Å². The zero-order valence-electron chi connectivity index (χ0n) is 13.4. The average molecular weight is 362 g/mol. The van der Waals surface area contributed by atoms with Crippen molar-refractivity contribution < 1.29 is 19.1 Å². The monoisotopic (exact) mass is 361 g/mol. The van der Waals surface area contributed by atoms with Crippen molar-refractivity contribution in [3.8, 4) is 0 Å². The second-order valence-corrected chi connectivity index (χ2v) is 5.50. The summed E-state index contributed by atoms with van der Waals surface area (Å²) in [5.74, 6) is -1.56. The topological polar surface area (TPSA) is 97.4 Å². The Kier molecular flexibility index (Phi) is 6.47. The van der Waals surface area contributed by atoms with Crippen molar-refractivity contribution in [3.63, 3.8) is 0 Å². The van der Waals surface area contributed by atoms with Crippen molar-refractivity contribution in [1.82, 2.24) is 15.6 Å². The Balaban J connectivity index is 1.81. The van der Waals surface area contributed by atoms with Crippen molar-refractivity contribution >= 4 is 29.5 Å². The molecule has 2 aromatic rings. The third kappa shape index (κ3) is 5.89. The molecule has 0 saturated heterocycles. The number of carbonyl (C=O) groups is 3. The maximum absolute atomic E-state index is 11.9. The molecule has 0 aliphatic rings. The van der Waals surface area contributed by atoms with Gasteiger partial charge in [-0.1, -0.05) is 41.9 Å². The molecule has 1 heterocycles. The van der Waals surface area contributed by atoms with Gasteiger partial charge < -0.3 is 10.1 Å². The van der Waals surface area contributed by atoms with Gasteiger partial charge in [0.1, 0.15) is 5.69 Å². The van der Waals surface area contributed by atoms with Gasteiger partial charge >= 0.3 is 12.0 Å². The van der Waals surface area contributed by atoms with Crippen LogP contribution in [0.2, 0.25) is 5.02 Å². The highest BCUT2D eigenvalue weighted by atomic mass is 35.5. The number of halogens is 1. The summed E-state index contributed by atoms with van der Waals surface area (Å²) in [7, 11) is 0. The minimum Gasteiger partial charge on any atom is -0.448 e. The summed E-state index contributed by atoms with van der Waals surface area (Å²) in [5, 5.41) is 4.96. The fourth-order valence-electron chi connectivity index (χ4n) is 1.83. The highest BCUT2D eigenvalue weighted by Crippen LogP contribution is 2.09. The van der Waals surface area contributed by atoms with Crippen LogP contribution in [0.1, 0.15) is 23.0 Å². The summed E-state index contributed by atoms with van der Waals surface area (Å²) in [6, 6.07) is 11.4. The largest absolute Gasteiger partial charge is 0.448 e. The Labute approximate surface area is 149 Å². The number of amides is 3. The maximum atomic E-state index is 11.9. The van der Waals surface area contributed by atoms with E-state index in [-0.39, 0.29) is 12.2 Å². The van der Waals surface area contributed by atoms with Gasteiger partial charge in [0.15, 0.2) is 6.10 Å². The summed E-state index contributed by atoms with van der Waals surface area (Å²) in [4.78, 5) is 39.3. The molecule has 8 heteroatoms. The molecule has 0 aliphatic heterocycles. The molecule has 1 aromatic carbocycles. The van der Waals surface area contributed by atoms with Crippen LogP contribution in [0.15, 0.2) is 48.7 Å². The molecule has 2 N–H and O–H groups in total. The SMILES string of the molecule is C[C@H](OC(=O)c1cc(Cl)ccn1)C(=O)NC(=O)NCc1ccccc1. The van der Waals surface area contributed by atoms with Crippen molar-refractivity contribution in [2.24, 2.45) is 0 Å². The van der Waals surface area contributed by atoms with Gasteiger partial charge in [-0.05, 0) is 24.6 Å². The normalized spacial score (nSPS) is 11.3. The number of ether oxygens (including phenoxy) is 1. The minimum atomic E-state index is -1.17. The van der Waals surface area contributed by atoms with E-state index in [4.69, 9.17) is 16.3 Å². The standard InChI is InChI=1S/C17H16ClN3O4/c1-11(25-16(23)14-9-13(18)7-8-19-14)15(22)21-17(24)20-10-12-5-3-2-4-6-12/h2-9,11H,10H2,1H3,(H2,20,21,22,24)/t11-/m0/s1. The molecule has 0 spiro atoms. The Bertz CT molecular complexity index is 767. The molecule has 0 radical (unpaired) electrons. The van der Waals surface area contributed by atoms with Crippen LogP contribution in [-0.2, 0) is 16.1 Å². The molecule has 130 valence electrons. The number of aromatic nitrogens is 1. The summed E-state index contributed by atoms with van der Waals surface area (Å²) < 4.78 is 4.96. The number of nitrogens with zero attached hydrogens (tertiary/aromatic N) is 1. The molecule has 7 nitrogen and oxygen atoms in total. The summed E-state index contributed by atoms with van der Waals surface area (Å²) in [5.41, 5.74) is 0.859. The van der Waals surface area contributed by atoms with E-state index < -0.39 is 24.0 Å². The average Bonchev–Trinajstić information content (AvgIpc) is 2.60. The Morgan fingerprint density at radius 2 is 1.92 bits per heavy atom. The van der Waals surface area contributed by atoms with Gasteiger partial charge in [0.25, 0.3) is 5.91 Å². The fraction of sp³-hybridized carbons (Fsp3) is 0.176. The second-order valence-electron chi connectivity index (χ2n) is 5.06. The first-order valence-electron chi connectivity index (χ1n) is 7.41. The summed E-state index contributed by atoms with van der Waals surface area (Å²) in [6.07, 6.45) is 0.177. The lowest BCUT2D eigenvalue weighted by Crippen LogP contribution is -2.44. The lowest BCUT2D eigenvalue weighted by molar-refractivity contribution is -0.127. The zero-order valence-corrected chi connectivity index (χ0v) is 14.1. The number of rotatable bonds is 5. The quantitative estimate of drug-likeness (QED) is 0.796. The number of hydrogen-bond acceptors (Lipinski definition) is 5. The van der Waals surface area contributed by atoms with Crippen molar-refractivity contribution in [3.05, 3.63) is 64.9 Å². The van der Waals surface area contributed by atoms with Gasteiger partial charge in [0, 0.05) is 17.8 Å². The van der Waals surface area contributed by atoms with Crippen LogP contribution >= 0.6 is 11.6 Å². The van der Waals surface area contributed by atoms with E-state index >= 15 is 0 Å². The molecule has 25 heavy (non-hydrogen) atoms. The third-order valence-electron chi connectivity index (χ3n) is 3.12. The predicted molar refractivity (Wildman–Crippen MR) is 90.9 cm³/mol. The van der Waals surface area contributed by atoms with E-state index in [1.165, 1.54) is 25.3 Å². The van der Waals surface area contributed by atoms with Gasteiger partial charge in [-0.3, -0.25) is 10.1 Å². The van der Waals surface area contributed by atoms with Crippen LogP contribution in [0.4, 0.5) is 4.79 Å². The summed E-state index contributed by atoms with van der Waals surface area (Å²) >= 11 is 5.76. The molecule has 0 saturated carbocycles. The molecule has 1 aromatic heterocycles. The second kappa shape index (κ2) is 8.79. The van der Waals surface area contributed by atoms with Crippen LogP contribution < -0.4 is 10.6 Å². The van der Waals surface area contributed by atoms with E-state index in [0.717, 1.165) is 5.56 Å². The van der Waals surface area contributed by atoms with Crippen molar-refractivity contribution in [1.29, 1.82) is 0 Å². The van der Waals surface area contributed by atoms with Crippen LogP contribution in [0.3, 0.4) is 0 Å². The van der Waals surface area contributed by atoms with E-state index in [1.807, 2.05) is 30.3 Å². The first-order chi connectivity index (χ1) is 12.0. The predicted octanol–water partition coefficient (Wildman–Crippen LogP) is 2.31. The lowest BCUT2D eigenvalue weighted by Gasteiger charge is -2.13. The Hall–Kier alpha value is -2.93. The van der Waals surface area contributed by atoms with Gasteiger partial charge in [0.2, 0.25) is 0 Å². The number of imide groups is 1. The summed E-state index contributed by atoms with van der Waals surface area (Å²) in [6.45, 7) is 1.61. The van der Waals surface area contributed by atoms with Crippen molar-refractivity contribution in [2.75, 3.05) is 0 Å². The first-order valence-corrected chi connectivity index (χ1v) is 7.78. The maximum Gasteiger partial charge on any atom is 0.357 e. The number of benzene rings is 1. The van der Waals surface area contributed by atoms with E-state index in [1.54, 1.807) is 0 Å². The smallest absolute Gasteiger partial charge is 0.357 e. The number of nitrogens with one attached hydrogen (secondary N) is 2. The molecule has 0 fully saturated rings. The van der Waals surface area contributed by atoms with E-state index in [0.29, 0.717) is 5.02 Å². The zero-order chi connectivity index (χ0) is 18.2. The van der Waals surface area contributed by atoms with E-state index in [2.05, 4.69) is 15.6 Å². The number of hydrogen-bond donors (Lipinski definition) is 2. The number of pyridine rings is 1. The molecule has 3 amide bonds. The van der Waals surface area contributed by atoms with Crippen LogP contribution in [0.25, 0.3) is 0 Å². The fourth-order valence-corrected chi connectivity index (χ4v) is 1.99. The van der Waals surface area contributed by atoms with Gasteiger partial charge in [-0.15, -0.1) is 0 Å². The first kappa shape index (κ1) is 18.4. The Morgan fingerprint density at radius 3 is 2.60 bits per heavy atom. The highest BCUT2D eigenvalue weighted by Gasteiger charge is 2.21.